The van der Waals surface area contributed by atoms with Gasteiger partial charge in [0, 0.05) is 0 Å². The molecule has 102 valence electrons. The average Bonchev–Trinajstić information content (AvgIpc) is 2.79. The molecule has 1 saturated carbocycles. The number of carboxylic acids is 1. The van der Waals surface area contributed by atoms with Crippen LogP contribution in [0, 0.1) is 6.92 Å². The van der Waals surface area contributed by atoms with Gasteiger partial charge in [-0.2, -0.15) is 0 Å². The quantitative estimate of drug-likeness (QED) is 0.777. The second-order valence-electron chi connectivity index (χ2n) is 5.05. The first-order valence-electron chi connectivity index (χ1n) is 6.30. The highest BCUT2D eigenvalue weighted by Gasteiger charge is 2.39. The summed E-state index contributed by atoms with van der Waals surface area (Å²) in [4.78, 5) is 23.2. The lowest BCUT2D eigenvalue weighted by Gasteiger charge is -2.21. The number of hydrogen-bond donors (Lipinski definition) is 3. The fourth-order valence-electron chi connectivity index (χ4n) is 2.37. The number of aryl methyl sites for hydroxylation is 1. The van der Waals surface area contributed by atoms with Crippen LogP contribution < -0.4 is 5.32 Å². The van der Waals surface area contributed by atoms with Gasteiger partial charge in [-0.1, -0.05) is 11.6 Å². The van der Waals surface area contributed by atoms with Crippen LogP contribution >= 0.6 is 0 Å². The summed E-state index contributed by atoms with van der Waals surface area (Å²) in [6.45, 7) is 1.78. The number of aromatic carboxylic acids is 1. The monoisotopic (exact) mass is 263 g/mol. The molecule has 0 unspecified atom stereocenters. The second kappa shape index (κ2) is 5.01. The molecule has 0 aromatic heterocycles. The molecule has 5 heteroatoms. The van der Waals surface area contributed by atoms with Crippen molar-refractivity contribution >= 4 is 17.6 Å². The van der Waals surface area contributed by atoms with Gasteiger partial charge >= 0.3 is 5.97 Å². The Morgan fingerprint density at radius 1 is 1.26 bits per heavy atom. The summed E-state index contributed by atoms with van der Waals surface area (Å²) in [5, 5.41) is 21.8. The number of carbonyl (C=O) groups excluding carboxylic acids is 1. The van der Waals surface area contributed by atoms with Crippen molar-refractivity contribution in [2.75, 3.05) is 5.32 Å². The third-order valence-corrected chi connectivity index (χ3v) is 3.51. The first-order valence-corrected chi connectivity index (χ1v) is 6.30. The summed E-state index contributed by atoms with van der Waals surface area (Å²) in [7, 11) is 0. The van der Waals surface area contributed by atoms with E-state index in [1.807, 2.05) is 0 Å². The first-order chi connectivity index (χ1) is 8.92. The van der Waals surface area contributed by atoms with Gasteiger partial charge in [0.2, 0.25) is 0 Å². The molecule has 0 atom stereocenters. The summed E-state index contributed by atoms with van der Waals surface area (Å²) >= 11 is 0. The average molecular weight is 263 g/mol. The number of anilines is 1. The number of hydrogen-bond acceptors (Lipinski definition) is 3. The molecule has 0 heterocycles. The standard InChI is InChI=1S/C14H17NO4/c1-9-4-5-11(10(8-9)12(16)17)15-13(18)14(19)6-2-3-7-14/h4-5,8,19H,2-3,6-7H2,1H3,(H,15,18)(H,16,17). The van der Waals surface area contributed by atoms with Crippen molar-refractivity contribution in [2.45, 2.75) is 38.2 Å². The lowest BCUT2D eigenvalue weighted by molar-refractivity contribution is -0.133. The molecule has 0 spiro atoms. The van der Waals surface area contributed by atoms with E-state index in [0.29, 0.717) is 12.8 Å². The van der Waals surface area contributed by atoms with Crippen molar-refractivity contribution in [1.82, 2.24) is 0 Å². The first kappa shape index (κ1) is 13.5. The molecule has 19 heavy (non-hydrogen) atoms. The van der Waals surface area contributed by atoms with E-state index in [4.69, 9.17) is 5.11 Å². The Bertz CT molecular complexity index is 518. The Hall–Kier alpha value is -1.88. The number of amides is 1. The van der Waals surface area contributed by atoms with Gasteiger partial charge < -0.3 is 15.5 Å². The largest absolute Gasteiger partial charge is 0.478 e. The number of aliphatic hydroxyl groups is 1. The van der Waals surface area contributed by atoms with Crippen LogP contribution in [0.5, 0.6) is 0 Å². The van der Waals surface area contributed by atoms with Gasteiger partial charge in [-0.15, -0.1) is 0 Å². The number of nitrogens with one attached hydrogen (secondary N) is 1. The molecule has 0 radical (unpaired) electrons. The molecule has 1 aliphatic carbocycles. The van der Waals surface area contributed by atoms with E-state index in [1.165, 1.54) is 6.07 Å². The van der Waals surface area contributed by atoms with Gasteiger partial charge in [0.25, 0.3) is 5.91 Å². The molecule has 0 saturated heterocycles. The zero-order valence-corrected chi connectivity index (χ0v) is 10.8. The van der Waals surface area contributed by atoms with Crippen molar-refractivity contribution in [3.05, 3.63) is 29.3 Å². The van der Waals surface area contributed by atoms with Crippen molar-refractivity contribution < 1.29 is 19.8 Å². The Morgan fingerprint density at radius 2 is 1.89 bits per heavy atom. The Morgan fingerprint density at radius 3 is 2.47 bits per heavy atom. The summed E-state index contributed by atoms with van der Waals surface area (Å²) in [6, 6.07) is 4.77. The zero-order valence-electron chi connectivity index (χ0n) is 10.8. The van der Waals surface area contributed by atoms with Gasteiger partial charge in [0.05, 0.1) is 11.3 Å². The van der Waals surface area contributed by atoms with E-state index < -0.39 is 17.5 Å². The fraction of sp³-hybridized carbons (Fsp3) is 0.429. The zero-order chi connectivity index (χ0) is 14.0. The maximum atomic E-state index is 12.0. The van der Waals surface area contributed by atoms with Crippen LogP contribution in [-0.4, -0.2) is 27.7 Å². The fourth-order valence-corrected chi connectivity index (χ4v) is 2.37. The molecule has 1 aliphatic rings. The normalized spacial score (nSPS) is 17.2. The Kier molecular flexibility index (Phi) is 3.57. The van der Waals surface area contributed by atoms with Crippen LogP contribution in [0.4, 0.5) is 5.69 Å². The van der Waals surface area contributed by atoms with Gasteiger partial charge in [-0.3, -0.25) is 4.79 Å². The van der Waals surface area contributed by atoms with Gasteiger partial charge in [0.15, 0.2) is 0 Å². The summed E-state index contributed by atoms with van der Waals surface area (Å²) < 4.78 is 0. The molecule has 3 N–H and O–H groups in total. The molecule has 1 aromatic carbocycles. The maximum absolute atomic E-state index is 12.0. The van der Waals surface area contributed by atoms with Crippen LogP contribution in [0.15, 0.2) is 18.2 Å². The van der Waals surface area contributed by atoms with Crippen LogP contribution in [0.1, 0.15) is 41.6 Å². The van der Waals surface area contributed by atoms with E-state index in [1.54, 1.807) is 19.1 Å². The van der Waals surface area contributed by atoms with Crippen LogP contribution in [0.25, 0.3) is 0 Å². The van der Waals surface area contributed by atoms with Crippen LogP contribution in [-0.2, 0) is 4.79 Å². The Balaban J connectivity index is 2.23. The lowest BCUT2D eigenvalue weighted by Crippen LogP contribution is -2.40. The van der Waals surface area contributed by atoms with Gasteiger partial charge in [-0.25, -0.2) is 4.79 Å². The van der Waals surface area contributed by atoms with E-state index in [2.05, 4.69) is 5.32 Å². The van der Waals surface area contributed by atoms with Crippen molar-refractivity contribution in [3.63, 3.8) is 0 Å². The SMILES string of the molecule is Cc1ccc(NC(=O)C2(O)CCCC2)c(C(=O)O)c1. The van der Waals surface area contributed by atoms with Crippen molar-refractivity contribution in [3.8, 4) is 0 Å². The molecular weight excluding hydrogens is 246 g/mol. The van der Waals surface area contributed by atoms with Crippen LogP contribution in [0.3, 0.4) is 0 Å². The highest BCUT2D eigenvalue weighted by atomic mass is 16.4. The van der Waals surface area contributed by atoms with E-state index >= 15 is 0 Å². The summed E-state index contributed by atoms with van der Waals surface area (Å²) in [5.41, 5.74) is -0.297. The predicted octanol–water partition coefficient (Wildman–Crippen LogP) is 1.94. The third kappa shape index (κ3) is 2.76. The number of carboxylic acid groups (broad SMARTS) is 1. The molecule has 1 amide bonds. The molecule has 0 aliphatic heterocycles. The number of carbonyl (C=O) groups is 2. The molecule has 1 aromatic rings. The molecule has 5 nitrogen and oxygen atoms in total. The Labute approximate surface area is 111 Å². The minimum absolute atomic E-state index is 0.0370. The van der Waals surface area contributed by atoms with E-state index in [0.717, 1.165) is 18.4 Å². The predicted molar refractivity (Wildman–Crippen MR) is 70.2 cm³/mol. The smallest absolute Gasteiger partial charge is 0.337 e. The summed E-state index contributed by atoms with van der Waals surface area (Å²) in [6.07, 6.45) is 2.47. The summed E-state index contributed by atoms with van der Waals surface area (Å²) in [5.74, 6) is -1.62. The second-order valence-corrected chi connectivity index (χ2v) is 5.05. The molecule has 1 fully saturated rings. The van der Waals surface area contributed by atoms with Crippen LogP contribution in [0.2, 0.25) is 0 Å². The lowest BCUT2D eigenvalue weighted by atomic mass is 10.0. The van der Waals surface area contributed by atoms with Crippen molar-refractivity contribution in [1.29, 1.82) is 0 Å². The van der Waals surface area contributed by atoms with E-state index in [-0.39, 0.29) is 11.3 Å². The molecule has 0 bridgehead atoms. The minimum atomic E-state index is -1.36. The van der Waals surface area contributed by atoms with Crippen molar-refractivity contribution in [2.24, 2.45) is 0 Å². The van der Waals surface area contributed by atoms with Gasteiger partial charge in [0.1, 0.15) is 5.60 Å². The topological polar surface area (TPSA) is 86.6 Å². The highest BCUT2D eigenvalue weighted by molar-refractivity contribution is 6.03. The third-order valence-electron chi connectivity index (χ3n) is 3.51. The number of benzene rings is 1. The number of rotatable bonds is 3. The van der Waals surface area contributed by atoms with E-state index in [9.17, 15) is 14.7 Å². The van der Waals surface area contributed by atoms with Gasteiger partial charge in [-0.05, 0) is 44.7 Å². The molecular formula is C14H17NO4. The maximum Gasteiger partial charge on any atom is 0.337 e. The highest BCUT2D eigenvalue weighted by Crippen LogP contribution is 2.31. The minimum Gasteiger partial charge on any atom is -0.478 e. The molecule has 2 rings (SSSR count).